The van der Waals surface area contributed by atoms with Gasteiger partial charge in [0.05, 0.1) is 9.93 Å². The summed E-state index contributed by atoms with van der Waals surface area (Å²) in [6.07, 6.45) is 1.72. The minimum atomic E-state index is -0.113. The molecule has 1 amide bonds. The maximum atomic E-state index is 12.9. The van der Waals surface area contributed by atoms with E-state index in [-0.39, 0.29) is 5.91 Å². The summed E-state index contributed by atoms with van der Waals surface area (Å²) in [6, 6.07) is 8.81. The Kier molecular flexibility index (Phi) is 5.83. The fraction of sp³-hybridized carbons (Fsp3) is 0.263. The smallest absolute Gasteiger partial charge is 0.281 e. The Morgan fingerprint density at radius 3 is 2.64 bits per heavy atom. The highest BCUT2D eigenvalue weighted by Gasteiger charge is 2.37. The van der Waals surface area contributed by atoms with Crippen LogP contribution in [0.5, 0.6) is 0 Å². The van der Waals surface area contributed by atoms with Crippen LogP contribution in [0.1, 0.15) is 5.76 Å². The van der Waals surface area contributed by atoms with E-state index >= 15 is 0 Å². The molecule has 0 bridgehead atoms. The average Bonchev–Trinajstić information content (AvgIpc) is 3.23. The molecule has 28 heavy (non-hydrogen) atoms. The summed E-state index contributed by atoms with van der Waals surface area (Å²) in [5.41, 5.74) is 0.707. The summed E-state index contributed by atoms with van der Waals surface area (Å²) in [6.45, 7) is 3.35. The highest BCUT2D eigenvalue weighted by Crippen LogP contribution is 2.36. The fourth-order valence-corrected chi connectivity index (χ4v) is 4.76. The van der Waals surface area contributed by atoms with Crippen LogP contribution in [0.25, 0.3) is 17.4 Å². The van der Waals surface area contributed by atoms with Crippen molar-refractivity contribution in [2.24, 2.45) is 0 Å². The molecule has 0 spiro atoms. The Balaban J connectivity index is 1.55. The fourth-order valence-electron chi connectivity index (χ4n) is 3.09. The highest BCUT2D eigenvalue weighted by molar-refractivity contribution is 8.26. The number of piperazine rings is 1. The standard InChI is InChI=1S/C19H17Cl2N3O2S2/c1-22-6-8-23(9-7-22)24-18(25)17(28-19(24)27)11-13-3-5-16(26-13)14-10-12(20)2-4-15(14)21/h2-5,10-11H,6-9H2,1H3/b17-11-. The van der Waals surface area contributed by atoms with Crippen LogP contribution < -0.4 is 0 Å². The van der Waals surface area contributed by atoms with E-state index in [1.807, 2.05) is 11.1 Å². The van der Waals surface area contributed by atoms with Gasteiger partial charge in [0.1, 0.15) is 11.5 Å². The second-order valence-electron chi connectivity index (χ2n) is 6.58. The minimum Gasteiger partial charge on any atom is -0.457 e. The van der Waals surface area contributed by atoms with Crippen LogP contribution in [-0.2, 0) is 4.79 Å². The van der Waals surface area contributed by atoms with E-state index in [2.05, 4.69) is 11.9 Å². The van der Waals surface area contributed by atoms with Crippen molar-refractivity contribution in [1.29, 1.82) is 0 Å². The molecular formula is C19H17Cl2N3O2S2. The third-order valence-electron chi connectivity index (χ3n) is 4.63. The van der Waals surface area contributed by atoms with Gasteiger partial charge in [-0.3, -0.25) is 4.79 Å². The molecule has 1 aromatic carbocycles. The summed E-state index contributed by atoms with van der Waals surface area (Å²) in [7, 11) is 2.07. The summed E-state index contributed by atoms with van der Waals surface area (Å²) in [5.74, 6) is 1.04. The molecule has 0 radical (unpaired) electrons. The van der Waals surface area contributed by atoms with Crippen molar-refractivity contribution in [3.63, 3.8) is 0 Å². The molecule has 5 nitrogen and oxygen atoms in total. The first-order valence-corrected chi connectivity index (χ1v) is 10.7. The van der Waals surface area contributed by atoms with Crippen molar-refractivity contribution in [2.75, 3.05) is 33.2 Å². The lowest BCUT2D eigenvalue weighted by Gasteiger charge is -2.37. The maximum Gasteiger partial charge on any atom is 0.281 e. The maximum absolute atomic E-state index is 12.9. The molecular weight excluding hydrogens is 437 g/mol. The number of furan rings is 1. The van der Waals surface area contributed by atoms with Crippen LogP contribution in [0.3, 0.4) is 0 Å². The van der Waals surface area contributed by atoms with Gasteiger partial charge >= 0.3 is 0 Å². The summed E-state index contributed by atoms with van der Waals surface area (Å²) in [4.78, 5) is 15.7. The Morgan fingerprint density at radius 1 is 1.14 bits per heavy atom. The molecule has 2 fully saturated rings. The van der Waals surface area contributed by atoms with Gasteiger partial charge in [0.2, 0.25) is 0 Å². The number of likely N-dealkylation sites (N-methyl/N-ethyl adjacent to an activating group) is 1. The van der Waals surface area contributed by atoms with E-state index in [1.165, 1.54) is 11.8 Å². The van der Waals surface area contributed by atoms with Crippen molar-refractivity contribution < 1.29 is 9.21 Å². The van der Waals surface area contributed by atoms with Crippen LogP contribution in [-0.4, -0.2) is 58.4 Å². The number of rotatable bonds is 3. The highest BCUT2D eigenvalue weighted by atomic mass is 35.5. The second-order valence-corrected chi connectivity index (χ2v) is 9.10. The zero-order chi connectivity index (χ0) is 19.8. The number of thioether (sulfide) groups is 1. The first-order valence-electron chi connectivity index (χ1n) is 8.69. The Hall–Kier alpha value is -1.35. The number of halogens is 2. The Labute approximate surface area is 182 Å². The molecule has 2 aromatic rings. The van der Waals surface area contributed by atoms with Gasteiger partial charge in [-0.1, -0.05) is 47.2 Å². The van der Waals surface area contributed by atoms with Gasteiger partial charge in [-0.2, -0.15) is 0 Å². The number of amides is 1. The van der Waals surface area contributed by atoms with Gasteiger partial charge in [0, 0.05) is 42.8 Å². The van der Waals surface area contributed by atoms with Crippen molar-refractivity contribution in [3.8, 4) is 11.3 Å². The van der Waals surface area contributed by atoms with Gasteiger partial charge in [-0.15, -0.1) is 0 Å². The number of hydrazine groups is 1. The van der Waals surface area contributed by atoms with Crippen molar-refractivity contribution in [3.05, 3.63) is 51.0 Å². The van der Waals surface area contributed by atoms with Crippen LogP contribution in [0.2, 0.25) is 10.0 Å². The molecule has 146 valence electrons. The van der Waals surface area contributed by atoms with E-state index in [0.29, 0.717) is 36.4 Å². The lowest BCUT2D eigenvalue weighted by molar-refractivity contribution is -0.135. The lowest BCUT2D eigenvalue weighted by Crippen LogP contribution is -2.54. The van der Waals surface area contributed by atoms with Crippen LogP contribution in [0.15, 0.2) is 39.7 Å². The van der Waals surface area contributed by atoms with Gasteiger partial charge in [-0.05, 0) is 37.4 Å². The number of carbonyl (C=O) groups excluding carboxylic acids is 1. The van der Waals surface area contributed by atoms with Gasteiger partial charge in [0.15, 0.2) is 4.32 Å². The van der Waals surface area contributed by atoms with E-state index in [0.717, 1.165) is 26.2 Å². The van der Waals surface area contributed by atoms with Crippen LogP contribution in [0, 0.1) is 0 Å². The quantitative estimate of drug-likeness (QED) is 0.498. The first-order chi connectivity index (χ1) is 13.4. The average molecular weight is 454 g/mol. The number of thiocarbonyl (C=S) groups is 1. The number of hydrogen-bond donors (Lipinski definition) is 0. The molecule has 3 heterocycles. The summed E-state index contributed by atoms with van der Waals surface area (Å²) < 4.78 is 6.43. The zero-order valence-corrected chi connectivity index (χ0v) is 18.2. The third-order valence-corrected chi connectivity index (χ3v) is 6.48. The van der Waals surface area contributed by atoms with Gasteiger partial charge in [0.25, 0.3) is 5.91 Å². The second kappa shape index (κ2) is 8.18. The molecule has 2 aliphatic heterocycles. The van der Waals surface area contributed by atoms with E-state index in [1.54, 1.807) is 35.4 Å². The van der Waals surface area contributed by atoms with Crippen molar-refractivity contribution >= 4 is 63.5 Å². The van der Waals surface area contributed by atoms with Crippen molar-refractivity contribution in [1.82, 2.24) is 14.9 Å². The van der Waals surface area contributed by atoms with Crippen LogP contribution >= 0.6 is 47.2 Å². The SMILES string of the molecule is CN1CCN(N2C(=O)/C(=C/c3ccc(-c4cc(Cl)ccc4Cl)o3)SC2=S)CC1. The summed E-state index contributed by atoms with van der Waals surface area (Å²) >= 11 is 19.0. The lowest BCUT2D eigenvalue weighted by atomic mass is 10.2. The molecule has 2 aliphatic rings. The number of nitrogens with zero attached hydrogens (tertiary/aromatic N) is 3. The van der Waals surface area contributed by atoms with Gasteiger partial charge in [-0.25, -0.2) is 10.0 Å². The molecule has 0 atom stereocenters. The predicted molar refractivity (Wildman–Crippen MR) is 118 cm³/mol. The largest absolute Gasteiger partial charge is 0.457 e. The molecule has 2 saturated heterocycles. The predicted octanol–water partition coefficient (Wildman–Crippen LogP) is 4.62. The molecule has 0 aliphatic carbocycles. The minimum absolute atomic E-state index is 0.113. The zero-order valence-electron chi connectivity index (χ0n) is 15.0. The number of benzene rings is 1. The van der Waals surface area contributed by atoms with E-state index < -0.39 is 0 Å². The Bertz CT molecular complexity index is 968. The van der Waals surface area contributed by atoms with Gasteiger partial charge < -0.3 is 9.32 Å². The first kappa shape index (κ1) is 19.9. The monoisotopic (exact) mass is 453 g/mol. The topological polar surface area (TPSA) is 39.9 Å². The normalized spacial score (nSPS) is 20.5. The van der Waals surface area contributed by atoms with Crippen molar-refractivity contribution in [2.45, 2.75) is 0 Å². The molecule has 0 unspecified atom stereocenters. The molecule has 0 saturated carbocycles. The molecule has 4 rings (SSSR count). The Morgan fingerprint density at radius 2 is 1.89 bits per heavy atom. The molecule has 9 heteroatoms. The van der Waals surface area contributed by atoms with E-state index in [4.69, 9.17) is 39.8 Å². The molecule has 0 N–H and O–H groups in total. The summed E-state index contributed by atoms with van der Waals surface area (Å²) in [5, 5.41) is 4.74. The molecule has 1 aromatic heterocycles. The van der Waals surface area contributed by atoms with E-state index in [9.17, 15) is 4.79 Å². The van der Waals surface area contributed by atoms with Crippen LogP contribution in [0.4, 0.5) is 0 Å². The number of hydrogen-bond acceptors (Lipinski definition) is 6. The third kappa shape index (κ3) is 4.01. The number of carbonyl (C=O) groups is 1.